The van der Waals surface area contributed by atoms with Gasteiger partial charge >= 0.3 is 0 Å². The van der Waals surface area contributed by atoms with Crippen molar-refractivity contribution < 1.29 is 9.90 Å². The molecule has 2 aliphatic heterocycles. The molecule has 1 aliphatic carbocycles. The number of piperidine rings is 1. The van der Waals surface area contributed by atoms with Gasteiger partial charge in [0.25, 0.3) is 0 Å². The summed E-state index contributed by atoms with van der Waals surface area (Å²) >= 11 is 0. The third-order valence-corrected chi connectivity index (χ3v) is 7.08. The molecule has 1 saturated carbocycles. The van der Waals surface area contributed by atoms with Gasteiger partial charge in [-0.25, -0.2) is 0 Å². The molecule has 0 aromatic heterocycles. The first-order chi connectivity index (χ1) is 13.1. The molecule has 1 N–H and O–H groups in total. The van der Waals surface area contributed by atoms with Crippen LogP contribution in [0.1, 0.15) is 62.1 Å². The molecule has 0 bridgehead atoms. The molecule has 4 rings (SSSR count). The molecule has 4 heteroatoms. The van der Waals surface area contributed by atoms with Crippen LogP contribution in [0.5, 0.6) is 0 Å². The zero-order valence-electron chi connectivity index (χ0n) is 16.8. The highest BCUT2D eigenvalue weighted by molar-refractivity contribution is 5.75. The highest BCUT2D eigenvalue weighted by Crippen LogP contribution is 2.30. The van der Waals surface area contributed by atoms with Crippen LogP contribution in [0.2, 0.25) is 0 Å². The van der Waals surface area contributed by atoms with Crippen LogP contribution in [0.15, 0.2) is 18.2 Å². The fourth-order valence-electron chi connectivity index (χ4n) is 4.98. The Hall–Kier alpha value is -1.39. The predicted octanol–water partition coefficient (Wildman–Crippen LogP) is 2.95. The van der Waals surface area contributed by atoms with Crippen LogP contribution >= 0.6 is 0 Å². The summed E-state index contributed by atoms with van der Waals surface area (Å²) < 4.78 is 0. The van der Waals surface area contributed by atoms with Crippen LogP contribution in [0, 0.1) is 0 Å². The molecule has 27 heavy (non-hydrogen) atoms. The van der Waals surface area contributed by atoms with Crippen LogP contribution in [0.4, 0.5) is 0 Å². The number of benzene rings is 1. The van der Waals surface area contributed by atoms with E-state index in [4.69, 9.17) is 0 Å². The van der Waals surface area contributed by atoms with Crippen molar-refractivity contribution in [3.8, 4) is 0 Å². The van der Waals surface area contributed by atoms with Crippen LogP contribution < -0.4 is 0 Å². The molecule has 1 amide bonds. The van der Waals surface area contributed by atoms with Gasteiger partial charge in [0.05, 0.1) is 5.60 Å². The van der Waals surface area contributed by atoms with Gasteiger partial charge < -0.3 is 10.0 Å². The minimum atomic E-state index is -0.665. The van der Waals surface area contributed by atoms with Gasteiger partial charge in [0, 0.05) is 45.1 Å². The lowest BCUT2D eigenvalue weighted by atomic mass is 9.84. The van der Waals surface area contributed by atoms with Crippen molar-refractivity contribution in [1.82, 2.24) is 9.80 Å². The topological polar surface area (TPSA) is 43.8 Å². The second-order valence-electron chi connectivity index (χ2n) is 8.86. The Morgan fingerprint density at radius 1 is 1.11 bits per heavy atom. The van der Waals surface area contributed by atoms with Gasteiger partial charge in [0.1, 0.15) is 0 Å². The van der Waals surface area contributed by atoms with Gasteiger partial charge in [-0.05, 0) is 55.2 Å². The molecule has 4 nitrogen and oxygen atoms in total. The molecule has 2 heterocycles. The van der Waals surface area contributed by atoms with Gasteiger partial charge in [0.2, 0.25) is 5.91 Å². The average molecular weight is 371 g/mol. The zero-order chi connectivity index (χ0) is 18.9. The van der Waals surface area contributed by atoms with E-state index in [0.717, 1.165) is 18.9 Å². The Kier molecular flexibility index (Phi) is 5.56. The summed E-state index contributed by atoms with van der Waals surface area (Å²) in [5.41, 5.74) is 3.57. The van der Waals surface area contributed by atoms with E-state index in [9.17, 15) is 9.90 Å². The molecule has 1 aromatic rings. The van der Waals surface area contributed by atoms with Crippen LogP contribution in [-0.2, 0) is 24.1 Å². The summed E-state index contributed by atoms with van der Waals surface area (Å²) in [6, 6.07) is 7.70. The van der Waals surface area contributed by atoms with Crippen molar-refractivity contribution >= 4 is 5.91 Å². The van der Waals surface area contributed by atoms with Crippen molar-refractivity contribution in [1.29, 1.82) is 0 Å². The maximum atomic E-state index is 11.9. The molecule has 2 fully saturated rings. The number of amides is 1. The predicted molar refractivity (Wildman–Crippen MR) is 108 cm³/mol. The van der Waals surface area contributed by atoms with Gasteiger partial charge in [-0.3, -0.25) is 9.69 Å². The minimum absolute atomic E-state index is 0.207. The Morgan fingerprint density at radius 2 is 1.81 bits per heavy atom. The zero-order valence-corrected chi connectivity index (χ0v) is 16.8. The summed E-state index contributed by atoms with van der Waals surface area (Å²) in [6.07, 6.45) is 9.09. The SMILES string of the molecule is CCC(=O)N1CCC(O)(Cc2ccc3c(c2)CCN(C2CCC2)CC3)CC1. The molecule has 0 spiro atoms. The molecule has 0 unspecified atom stereocenters. The number of rotatable bonds is 4. The first-order valence-corrected chi connectivity index (χ1v) is 10.9. The lowest BCUT2D eigenvalue weighted by molar-refractivity contribution is -0.135. The van der Waals surface area contributed by atoms with E-state index >= 15 is 0 Å². The van der Waals surface area contributed by atoms with Gasteiger partial charge in [0.15, 0.2) is 0 Å². The normalized spacial score (nSPS) is 23.4. The standard InChI is InChI=1S/C23H34N2O2/c1-2-22(26)25-14-10-23(27,11-15-25)17-18-6-7-19-8-12-24(21-4-3-5-21)13-9-20(19)16-18/h6-7,16,21,27H,2-5,8-15,17H2,1H3. The maximum Gasteiger partial charge on any atom is 0.222 e. The Labute approximate surface area is 163 Å². The van der Waals surface area contributed by atoms with E-state index in [1.807, 2.05) is 11.8 Å². The third-order valence-electron chi connectivity index (χ3n) is 7.08. The first-order valence-electron chi connectivity index (χ1n) is 10.9. The Balaban J connectivity index is 1.38. The summed E-state index contributed by atoms with van der Waals surface area (Å²) in [4.78, 5) is 16.5. The molecule has 3 aliphatic rings. The molecular formula is C23H34N2O2. The van der Waals surface area contributed by atoms with Gasteiger partial charge in [-0.2, -0.15) is 0 Å². The molecule has 0 atom stereocenters. The molecular weight excluding hydrogens is 336 g/mol. The third kappa shape index (κ3) is 4.22. The Morgan fingerprint density at radius 3 is 2.44 bits per heavy atom. The van der Waals surface area contributed by atoms with Gasteiger partial charge in [-0.15, -0.1) is 0 Å². The van der Waals surface area contributed by atoms with Crippen molar-refractivity contribution in [3.05, 3.63) is 34.9 Å². The van der Waals surface area contributed by atoms with Crippen LogP contribution in [-0.4, -0.2) is 58.6 Å². The van der Waals surface area contributed by atoms with E-state index < -0.39 is 5.60 Å². The summed E-state index contributed by atoms with van der Waals surface area (Å²) in [5, 5.41) is 11.1. The number of aliphatic hydroxyl groups is 1. The number of fused-ring (bicyclic) bond motifs is 1. The lowest BCUT2D eigenvalue weighted by Gasteiger charge is -2.38. The van der Waals surface area contributed by atoms with Gasteiger partial charge in [-0.1, -0.05) is 31.5 Å². The lowest BCUT2D eigenvalue weighted by Crippen LogP contribution is -2.47. The molecule has 0 radical (unpaired) electrons. The molecule has 148 valence electrons. The van der Waals surface area contributed by atoms with Crippen molar-refractivity contribution in [2.45, 2.75) is 76.4 Å². The average Bonchev–Trinajstić information content (AvgIpc) is 2.83. The number of carbonyl (C=O) groups is 1. The van der Waals surface area contributed by atoms with Crippen molar-refractivity contribution in [2.24, 2.45) is 0 Å². The molecule has 1 saturated heterocycles. The molecule has 1 aromatic carbocycles. The quantitative estimate of drug-likeness (QED) is 0.886. The maximum absolute atomic E-state index is 11.9. The first kappa shape index (κ1) is 18.9. The van der Waals surface area contributed by atoms with E-state index in [1.54, 1.807) is 0 Å². The summed E-state index contributed by atoms with van der Waals surface area (Å²) in [5.74, 6) is 0.207. The highest BCUT2D eigenvalue weighted by atomic mass is 16.3. The van der Waals surface area contributed by atoms with E-state index in [2.05, 4.69) is 23.1 Å². The van der Waals surface area contributed by atoms with Crippen LogP contribution in [0.3, 0.4) is 0 Å². The van der Waals surface area contributed by atoms with E-state index in [1.165, 1.54) is 49.0 Å². The van der Waals surface area contributed by atoms with Crippen molar-refractivity contribution in [2.75, 3.05) is 26.2 Å². The van der Waals surface area contributed by atoms with E-state index in [-0.39, 0.29) is 5.91 Å². The minimum Gasteiger partial charge on any atom is -0.389 e. The number of hydrogen-bond donors (Lipinski definition) is 1. The highest BCUT2D eigenvalue weighted by Gasteiger charge is 2.34. The second-order valence-corrected chi connectivity index (χ2v) is 8.86. The summed E-state index contributed by atoms with van der Waals surface area (Å²) in [7, 11) is 0. The second kappa shape index (κ2) is 7.92. The number of likely N-dealkylation sites (tertiary alicyclic amines) is 1. The summed E-state index contributed by atoms with van der Waals surface area (Å²) in [6.45, 7) is 5.65. The fourth-order valence-corrected chi connectivity index (χ4v) is 4.98. The van der Waals surface area contributed by atoms with Crippen molar-refractivity contribution in [3.63, 3.8) is 0 Å². The fraction of sp³-hybridized carbons (Fsp3) is 0.696. The van der Waals surface area contributed by atoms with E-state index in [0.29, 0.717) is 38.8 Å². The monoisotopic (exact) mass is 370 g/mol. The smallest absolute Gasteiger partial charge is 0.222 e. The Bertz CT molecular complexity index is 675. The van der Waals surface area contributed by atoms with Crippen LogP contribution in [0.25, 0.3) is 0 Å². The number of nitrogens with zero attached hydrogens (tertiary/aromatic N) is 2. The number of hydrogen-bond acceptors (Lipinski definition) is 3. The largest absolute Gasteiger partial charge is 0.389 e. The number of carbonyl (C=O) groups excluding carboxylic acids is 1.